The molecule has 0 aromatic heterocycles. The van der Waals surface area contributed by atoms with Crippen molar-refractivity contribution in [2.45, 2.75) is 18.9 Å². The molecule has 1 aliphatic heterocycles. The van der Waals surface area contributed by atoms with E-state index in [9.17, 15) is 4.79 Å². The Morgan fingerprint density at radius 3 is 3.06 bits per heavy atom. The average molecular weight is 298 g/mol. The minimum absolute atomic E-state index is 0.0636. The van der Waals surface area contributed by atoms with Crippen LogP contribution in [0.1, 0.15) is 24.4 Å². The van der Waals surface area contributed by atoms with Crippen LogP contribution in [-0.2, 0) is 9.53 Å². The number of hydrogen-bond donors (Lipinski definition) is 1. The molecule has 0 radical (unpaired) electrons. The summed E-state index contributed by atoms with van der Waals surface area (Å²) in [6.45, 7) is 0.949. The lowest BCUT2D eigenvalue weighted by molar-refractivity contribution is -0.147. The van der Waals surface area contributed by atoms with Gasteiger partial charge >= 0.3 is 5.97 Å². The molecule has 0 bridgehead atoms. The lowest BCUT2D eigenvalue weighted by atomic mass is 9.86. The van der Waals surface area contributed by atoms with Crippen LogP contribution >= 0.6 is 15.9 Å². The minimum atomic E-state index is -0.123. The quantitative estimate of drug-likeness (QED) is 0.853. The second-order valence-corrected chi connectivity index (χ2v) is 5.17. The first kappa shape index (κ1) is 12.6. The fourth-order valence-electron chi connectivity index (χ4n) is 2.34. The zero-order valence-electron chi connectivity index (χ0n) is 9.78. The van der Waals surface area contributed by atoms with E-state index >= 15 is 0 Å². The Hall–Kier alpha value is -0.870. The minimum Gasteiger partial charge on any atom is -0.469 e. The molecule has 1 aliphatic rings. The van der Waals surface area contributed by atoms with Crippen LogP contribution in [0.5, 0.6) is 0 Å². The molecule has 0 amide bonds. The maximum atomic E-state index is 11.8. The molecule has 1 fully saturated rings. The lowest BCUT2D eigenvalue weighted by Gasteiger charge is -2.31. The first-order chi connectivity index (χ1) is 8.22. The molecular weight excluding hydrogens is 282 g/mol. The molecule has 4 heteroatoms. The molecule has 1 heterocycles. The smallest absolute Gasteiger partial charge is 0.310 e. The molecule has 3 nitrogen and oxygen atoms in total. The summed E-state index contributed by atoms with van der Waals surface area (Å²) >= 11 is 3.46. The Bertz CT molecular complexity index is 408. The summed E-state index contributed by atoms with van der Waals surface area (Å²) in [6.07, 6.45) is 1.90. The van der Waals surface area contributed by atoms with Gasteiger partial charge in [0.05, 0.1) is 13.0 Å². The van der Waals surface area contributed by atoms with Gasteiger partial charge in [0, 0.05) is 10.5 Å². The first-order valence-electron chi connectivity index (χ1n) is 5.79. The average Bonchev–Trinajstić information content (AvgIpc) is 2.38. The lowest BCUT2D eigenvalue weighted by Crippen LogP contribution is -2.38. The van der Waals surface area contributed by atoms with E-state index in [2.05, 4.69) is 27.3 Å². The van der Waals surface area contributed by atoms with Crippen LogP contribution in [0.3, 0.4) is 0 Å². The summed E-state index contributed by atoms with van der Waals surface area (Å²) < 4.78 is 5.91. The third-order valence-electron chi connectivity index (χ3n) is 3.17. The van der Waals surface area contributed by atoms with E-state index < -0.39 is 0 Å². The topological polar surface area (TPSA) is 38.3 Å². The Balaban J connectivity index is 2.24. The number of esters is 1. The highest BCUT2D eigenvalue weighted by molar-refractivity contribution is 9.10. The van der Waals surface area contributed by atoms with Gasteiger partial charge in [0.25, 0.3) is 0 Å². The number of nitrogens with one attached hydrogen (secondary N) is 1. The van der Waals surface area contributed by atoms with E-state index in [0.29, 0.717) is 0 Å². The molecule has 2 atom stereocenters. The Morgan fingerprint density at radius 2 is 2.35 bits per heavy atom. The zero-order valence-corrected chi connectivity index (χ0v) is 11.4. The van der Waals surface area contributed by atoms with Crippen LogP contribution in [0.4, 0.5) is 0 Å². The van der Waals surface area contributed by atoms with Crippen molar-refractivity contribution >= 4 is 21.9 Å². The second-order valence-electron chi connectivity index (χ2n) is 4.26. The van der Waals surface area contributed by atoms with Crippen molar-refractivity contribution < 1.29 is 9.53 Å². The van der Waals surface area contributed by atoms with E-state index in [1.807, 2.05) is 18.2 Å². The highest BCUT2D eigenvalue weighted by Crippen LogP contribution is 2.31. The van der Waals surface area contributed by atoms with Gasteiger partial charge in [-0.25, -0.2) is 0 Å². The van der Waals surface area contributed by atoms with Gasteiger partial charge in [0.1, 0.15) is 0 Å². The van der Waals surface area contributed by atoms with Crippen LogP contribution in [0.25, 0.3) is 0 Å². The number of carbonyl (C=O) groups is 1. The molecule has 17 heavy (non-hydrogen) atoms. The Kier molecular flexibility index (Phi) is 4.18. The molecule has 1 N–H and O–H groups in total. The second kappa shape index (κ2) is 5.65. The van der Waals surface area contributed by atoms with Crippen LogP contribution < -0.4 is 5.32 Å². The van der Waals surface area contributed by atoms with Crippen LogP contribution in [0.2, 0.25) is 0 Å². The van der Waals surface area contributed by atoms with E-state index in [1.165, 1.54) is 7.11 Å². The predicted octanol–water partition coefficient (Wildman–Crippen LogP) is 2.66. The third-order valence-corrected chi connectivity index (χ3v) is 3.66. The van der Waals surface area contributed by atoms with Crippen molar-refractivity contribution in [3.63, 3.8) is 0 Å². The first-order valence-corrected chi connectivity index (χ1v) is 6.58. The van der Waals surface area contributed by atoms with Gasteiger partial charge in [0.15, 0.2) is 0 Å². The number of methoxy groups -OCH3 is 1. The Labute approximate surface area is 110 Å². The van der Waals surface area contributed by atoms with Crippen molar-refractivity contribution in [2.24, 2.45) is 5.92 Å². The third kappa shape index (κ3) is 2.87. The van der Waals surface area contributed by atoms with Gasteiger partial charge in [-0.05, 0) is 37.1 Å². The van der Waals surface area contributed by atoms with Gasteiger partial charge < -0.3 is 10.1 Å². The van der Waals surface area contributed by atoms with Gasteiger partial charge in [0.2, 0.25) is 0 Å². The van der Waals surface area contributed by atoms with Crippen molar-refractivity contribution in [3.05, 3.63) is 34.3 Å². The molecule has 0 unspecified atom stereocenters. The summed E-state index contributed by atoms with van der Waals surface area (Å²) in [6, 6.07) is 8.14. The highest BCUT2D eigenvalue weighted by Gasteiger charge is 2.32. The highest BCUT2D eigenvalue weighted by atomic mass is 79.9. The molecule has 1 saturated heterocycles. The molecule has 1 aromatic carbocycles. The van der Waals surface area contributed by atoms with Gasteiger partial charge in [-0.15, -0.1) is 0 Å². The maximum Gasteiger partial charge on any atom is 0.310 e. The Morgan fingerprint density at radius 1 is 1.53 bits per heavy atom. The molecule has 0 aliphatic carbocycles. The molecule has 1 aromatic rings. The predicted molar refractivity (Wildman–Crippen MR) is 69.6 cm³/mol. The monoisotopic (exact) mass is 297 g/mol. The summed E-state index contributed by atoms with van der Waals surface area (Å²) in [7, 11) is 1.45. The molecule has 0 saturated carbocycles. The number of hydrogen-bond acceptors (Lipinski definition) is 3. The van der Waals surface area contributed by atoms with E-state index in [4.69, 9.17) is 4.74 Å². The number of benzene rings is 1. The van der Waals surface area contributed by atoms with Gasteiger partial charge in [-0.2, -0.15) is 0 Å². The molecule has 92 valence electrons. The molecule has 0 spiro atoms. The van der Waals surface area contributed by atoms with E-state index in [0.717, 1.165) is 29.4 Å². The summed E-state index contributed by atoms with van der Waals surface area (Å²) in [5.41, 5.74) is 1.13. The number of halogens is 1. The van der Waals surface area contributed by atoms with Crippen LogP contribution in [-0.4, -0.2) is 19.6 Å². The van der Waals surface area contributed by atoms with Crippen LogP contribution in [0, 0.1) is 5.92 Å². The van der Waals surface area contributed by atoms with E-state index in [1.54, 1.807) is 0 Å². The van der Waals surface area contributed by atoms with E-state index in [-0.39, 0.29) is 17.9 Å². The van der Waals surface area contributed by atoms with Gasteiger partial charge in [-0.1, -0.05) is 28.1 Å². The standard InChI is InChI=1S/C13H16BrNO2/c1-17-13(16)11-6-3-7-15-12(11)9-4-2-5-10(14)8-9/h2,4-5,8,11-12,15H,3,6-7H2,1H3/t11-,12-/m0/s1. The number of rotatable bonds is 2. The number of carbonyl (C=O) groups excluding carboxylic acids is 1. The molecular formula is C13H16BrNO2. The molecule has 2 rings (SSSR count). The van der Waals surface area contributed by atoms with Crippen molar-refractivity contribution in [1.82, 2.24) is 5.32 Å². The summed E-state index contributed by atoms with van der Waals surface area (Å²) in [4.78, 5) is 11.8. The zero-order chi connectivity index (χ0) is 12.3. The van der Waals surface area contributed by atoms with Crippen molar-refractivity contribution in [3.8, 4) is 0 Å². The normalized spacial score (nSPS) is 24.4. The summed E-state index contributed by atoms with van der Waals surface area (Å²) in [5, 5.41) is 3.41. The SMILES string of the molecule is COC(=O)[C@H]1CCCN[C@H]1c1cccc(Br)c1. The number of ether oxygens (including phenoxy) is 1. The number of piperidine rings is 1. The van der Waals surface area contributed by atoms with Crippen molar-refractivity contribution in [1.29, 1.82) is 0 Å². The van der Waals surface area contributed by atoms with Crippen molar-refractivity contribution in [2.75, 3.05) is 13.7 Å². The van der Waals surface area contributed by atoms with Gasteiger partial charge in [-0.3, -0.25) is 4.79 Å². The maximum absolute atomic E-state index is 11.8. The fraction of sp³-hybridized carbons (Fsp3) is 0.462. The van der Waals surface area contributed by atoms with Crippen LogP contribution in [0.15, 0.2) is 28.7 Å². The fourth-order valence-corrected chi connectivity index (χ4v) is 2.76. The largest absolute Gasteiger partial charge is 0.469 e. The summed E-state index contributed by atoms with van der Waals surface area (Å²) in [5.74, 6) is -0.203.